The second-order valence-electron chi connectivity index (χ2n) is 5.79. The van der Waals surface area contributed by atoms with Gasteiger partial charge in [-0.1, -0.05) is 13.0 Å². The minimum absolute atomic E-state index is 0.103. The van der Waals surface area contributed by atoms with E-state index >= 15 is 0 Å². The number of hydrogen-bond acceptors (Lipinski definition) is 3. The molecule has 1 atom stereocenters. The van der Waals surface area contributed by atoms with Gasteiger partial charge in [0.05, 0.1) is 11.7 Å². The largest absolute Gasteiger partial charge is 0.329 e. The second kappa shape index (κ2) is 6.86. The zero-order valence-electron chi connectivity index (χ0n) is 13.2. The van der Waals surface area contributed by atoms with E-state index in [0.29, 0.717) is 6.54 Å². The van der Waals surface area contributed by atoms with Crippen LogP contribution in [0.25, 0.3) is 0 Å². The van der Waals surface area contributed by atoms with Gasteiger partial charge in [-0.25, -0.2) is 9.37 Å². The van der Waals surface area contributed by atoms with Crippen LogP contribution in [0.4, 0.5) is 4.39 Å². The fourth-order valence-corrected chi connectivity index (χ4v) is 3.21. The number of carbonyl (C=O) groups excluding carboxylic acids is 1. The summed E-state index contributed by atoms with van der Waals surface area (Å²) in [5.41, 5.74) is 2.01. The Hall–Kier alpha value is -2.30. The molecule has 2 heterocycles. The Morgan fingerprint density at radius 1 is 1.30 bits per heavy atom. The molecule has 120 valence electrons. The average Bonchev–Trinajstić information content (AvgIpc) is 2.59. The normalized spacial score (nSPS) is 16.7. The summed E-state index contributed by atoms with van der Waals surface area (Å²) in [6.07, 6.45) is 6.84. The first kappa shape index (κ1) is 15.6. The van der Waals surface area contributed by atoms with Crippen LogP contribution in [0.5, 0.6) is 0 Å². The van der Waals surface area contributed by atoms with E-state index in [-0.39, 0.29) is 17.6 Å². The van der Waals surface area contributed by atoms with Gasteiger partial charge in [0.1, 0.15) is 0 Å². The van der Waals surface area contributed by atoms with Gasteiger partial charge in [-0.15, -0.1) is 0 Å². The van der Waals surface area contributed by atoms with Crippen LogP contribution in [-0.2, 0) is 6.42 Å². The van der Waals surface area contributed by atoms with Crippen LogP contribution in [-0.4, -0.2) is 27.3 Å². The molecule has 2 aromatic rings. The van der Waals surface area contributed by atoms with Crippen LogP contribution >= 0.6 is 0 Å². The Morgan fingerprint density at radius 2 is 2.09 bits per heavy atom. The molecule has 3 rings (SSSR count). The van der Waals surface area contributed by atoms with Crippen LogP contribution < -0.4 is 0 Å². The number of carbonyl (C=O) groups is 1. The smallest absolute Gasteiger partial charge is 0.276 e. The van der Waals surface area contributed by atoms with Gasteiger partial charge in [-0.05, 0) is 49.4 Å². The summed E-state index contributed by atoms with van der Waals surface area (Å²) in [5, 5.41) is 0. The fraction of sp³-hybridized carbons (Fsp3) is 0.389. The minimum atomic E-state index is -0.573. The third-order valence-electron chi connectivity index (χ3n) is 4.23. The Bertz CT molecular complexity index is 704. The first-order chi connectivity index (χ1) is 11.2. The lowest BCUT2D eigenvalue weighted by Gasteiger charge is -2.34. The van der Waals surface area contributed by atoms with Crippen molar-refractivity contribution in [2.45, 2.75) is 38.6 Å². The maximum Gasteiger partial charge on any atom is 0.276 e. The van der Waals surface area contributed by atoms with Crippen molar-refractivity contribution >= 4 is 5.91 Å². The molecule has 0 aromatic carbocycles. The summed E-state index contributed by atoms with van der Waals surface area (Å²) in [5.74, 6) is -0.927. The summed E-state index contributed by atoms with van der Waals surface area (Å²) >= 11 is 0. The molecule has 1 aliphatic rings. The van der Waals surface area contributed by atoms with E-state index < -0.39 is 5.82 Å². The molecular weight excluding hydrogens is 293 g/mol. The standard InChI is InChI=1S/C18H20FN3O/c1-2-12-22(18(23)17-14(19)8-5-11-21-17)15-9-3-6-13-7-4-10-20-16(13)15/h4-5,7-8,10-11,15H,2-3,6,9,12H2,1H3. The molecule has 2 aromatic heterocycles. The van der Waals surface area contributed by atoms with Crippen molar-refractivity contribution in [2.75, 3.05) is 6.54 Å². The summed E-state index contributed by atoms with van der Waals surface area (Å²) in [6, 6.07) is 6.65. The maximum atomic E-state index is 14.0. The van der Waals surface area contributed by atoms with Crippen molar-refractivity contribution in [3.8, 4) is 0 Å². The molecule has 0 bridgehead atoms. The number of aryl methyl sites for hydroxylation is 1. The number of pyridine rings is 2. The Kier molecular flexibility index (Phi) is 4.65. The SMILES string of the molecule is CCCN(C(=O)c1ncccc1F)C1CCCc2cccnc21. The number of fused-ring (bicyclic) bond motifs is 1. The zero-order chi connectivity index (χ0) is 16.2. The first-order valence-electron chi connectivity index (χ1n) is 8.07. The maximum absolute atomic E-state index is 14.0. The van der Waals surface area contributed by atoms with Gasteiger partial charge < -0.3 is 4.90 Å². The summed E-state index contributed by atoms with van der Waals surface area (Å²) < 4.78 is 14.0. The van der Waals surface area contributed by atoms with Crippen LogP contribution in [0.15, 0.2) is 36.7 Å². The molecular formula is C18H20FN3O. The Balaban J connectivity index is 1.97. The van der Waals surface area contributed by atoms with E-state index in [1.807, 2.05) is 13.0 Å². The van der Waals surface area contributed by atoms with E-state index in [1.54, 1.807) is 11.1 Å². The predicted molar refractivity (Wildman–Crippen MR) is 85.4 cm³/mol. The molecule has 0 aliphatic heterocycles. The van der Waals surface area contributed by atoms with Crippen LogP contribution in [0.2, 0.25) is 0 Å². The van der Waals surface area contributed by atoms with E-state index in [4.69, 9.17) is 0 Å². The zero-order valence-corrected chi connectivity index (χ0v) is 13.2. The van der Waals surface area contributed by atoms with E-state index in [0.717, 1.165) is 31.4 Å². The van der Waals surface area contributed by atoms with Crippen molar-refractivity contribution < 1.29 is 9.18 Å². The quantitative estimate of drug-likeness (QED) is 0.867. The summed E-state index contributed by atoms with van der Waals surface area (Å²) in [6.45, 7) is 2.58. The van der Waals surface area contributed by atoms with Crippen LogP contribution in [0, 0.1) is 5.82 Å². The second-order valence-corrected chi connectivity index (χ2v) is 5.79. The van der Waals surface area contributed by atoms with Crippen molar-refractivity contribution in [2.24, 2.45) is 0 Å². The van der Waals surface area contributed by atoms with E-state index in [9.17, 15) is 9.18 Å². The van der Waals surface area contributed by atoms with Crippen LogP contribution in [0.3, 0.4) is 0 Å². The highest BCUT2D eigenvalue weighted by atomic mass is 19.1. The number of hydrogen-bond donors (Lipinski definition) is 0. The molecule has 0 radical (unpaired) electrons. The van der Waals surface area contributed by atoms with E-state index in [2.05, 4.69) is 16.0 Å². The number of rotatable bonds is 4. The third kappa shape index (κ3) is 3.09. The van der Waals surface area contributed by atoms with Gasteiger partial charge >= 0.3 is 0 Å². The van der Waals surface area contributed by atoms with Gasteiger partial charge in [0, 0.05) is 18.9 Å². The summed E-state index contributed by atoms with van der Waals surface area (Å²) in [4.78, 5) is 23.0. The molecule has 0 N–H and O–H groups in total. The molecule has 1 amide bonds. The van der Waals surface area contributed by atoms with Crippen molar-refractivity contribution in [3.63, 3.8) is 0 Å². The highest BCUT2D eigenvalue weighted by Gasteiger charge is 2.31. The topological polar surface area (TPSA) is 46.1 Å². The van der Waals surface area contributed by atoms with E-state index in [1.165, 1.54) is 23.9 Å². The number of aromatic nitrogens is 2. The molecule has 0 spiro atoms. The lowest BCUT2D eigenvalue weighted by Crippen LogP contribution is -2.38. The molecule has 5 heteroatoms. The fourth-order valence-electron chi connectivity index (χ4n) is 3.21. The van der Waals surface area contributed by atoms with Gasteiger partial charge in [-0.2, -0.15) is 0 Å². The highest BCUT2D eigenvalue weighted by molar-refractivity contribution is 5.92. The molecule has 0 saturated carbocycles. The van der Waals surface area contributed by atoms with Gasteiger partial charge in [-0.3, -0.25) is 9.78 Å². The minimum Gasteiger partial charge on any atom is -0.329 e. The van der Waals surface area contributed by atoms with Crippen molar-refractivity contribution in [1.82, 2.24) is 14.9 Å². The third-order valence-corrected chi connectivity index (χ3v) is 4.23. The molecule has 23 heavy (non-hydrogen) atoms. The van der Waals surface area contributed by atoms with Crippen LogP contribution in [0.1, 0.15) is 54.0 Å². The number of nitrogens with zero attached hydrogens (tertiary/aromatic N) is 3. The predicted octanol–water partition coefficient (Wildman–Crippen LogP) is 3.55. The Labute approximate surface area is 135 Å². The first-order valence-corrected chi connectivity index (χ1v) is 8.07. The number of halogens is 1. The monoisotopic (exact) mass is 313 g/mol. The average molecular weight is 313 g/mol. The molecule has 0 fully saturated rings. The van der Waals surface area contributed by atoms with Gasteiger partial charge in [0.2, 0.25) is 0 Å². The lowest BCUT2D eigenvalue weighted by atomic mass is 9.90. The molecule has 4 nitrogen and oxygen atoms in total. The molecule has 1 aliphatic carbocycles. The summed E-state index contributed by atoms with van der Waals surface area (Å²) in [7, 11) is 0. The molecule has 0 saturated heterocycles. The highest BCUT2D eigenvalue weighted by Crippen LogP contribution is 2.33. The molecule has 1 unspecified atom stereocenters. The van der Waals surface area contributed by atoms with Crippen molar-refractivity contribution in [3.05, 3.63) is 59.4 Å². The lowest BCUT2D eigenvalue weighted by molar-refractivity contribution is 0.0640. The van der Waals surface area contributed by atoms with Crippen molar-refractivity contribution in [1.29, 1.82) is 0 Å². The van der Waals surface area contributed by atoms with Gasteiger partial charge in [0.15, 0.2) is 11.5 Å². The van der Waals surface area contributed by atoms with Gasteiger partial charge in [0.25, 0.3) is 5.91 Å². The number of amides is 1. The Morgan fingerprint density at radius 3 is 2.87 bits per heavy atom.